The van der Waals surface area contributed by atoms with Gasteiger partial charge in [0.25, 0.3) is 5.91 Å². The van der Waals surface area contributed by atoms with Gasteiger partial charge in [0, 0.05) is 4.47 Å². The molecule has 6 nitrogen and oxygen atoms in total. The van der Waals surface area contributed by atoms with Crippen molar-refractivity contribution in [1.82, 2.24) is 5.32 Å². The molecule has 1 aliphatic heterocycles. The number of amides is 1. The van der Waals surface area contributed by atoms with Crippen LogP contribution in [0.1, 0.15) is 21.5 Å². The molecule has 1 heterocycles. The zero-order valence-corrected chi connectivity index (χ0v) is 22.5. The number of carbonyl (C=O) groups excluding carboxylic acids is 1. The molecule has 0 aliphatic carbocycles. The highest BCUT2D eigenvalue weighted by molar-refractivity contribution is 14.1. The van der Waals surface area contributed by atoms with Gasteiger partial charge in [0.2, 0.25) is 0 Å². The van der Waals surface area contributed by atoms with E-state index in [-0.39, 0.29) is 11.5 Å². The average Bonchev–Trinajstić information content (AvgIpc) is 3.14. The average molecular weight is 670 g/mol. The van der Waals surface area contributed by atoms with Crippen molar-refractivity contribution in [2.24, 2.45) is 4.99 Å². The second-order valence-corrected chi connectivity index (χ2v) is 10.5. The predicted octanol–water partition coefficient (Wildman–Crippen LogP) is 6.88. The lowest BCUT2D eigenvalue weighted by Crippen LogP contribution is -2.19. The fourth-order valence-electron chi connectivity index (χ4n) is 2.93. The van der Waals surface area contributed by atoms with Gasteiger partial charge in [0.15, 0.2) is 5.17 Å². The minimum absolute atomic E-state index is 0.216. The first-order chi connectivity index (χ1) is 16.3. The van der Waals surface area contributed by atoms with Crippen LogP contribution >= 0.6 is 61.9 Å². The number of halogens is 3. The molecule has 1 amide bonds. The van der Waals surface area contributed by atoms with E-state index in [0.29, 0.717) is 33.1 Å². The summed E-state index contributed by atoms with van der Waals surface area (Å²) in [5.41, 5.74) is 2.60. The van der Waals surface area contributed by atoms with Crippen molar-refractivity contribution in [3.8, 4) is 5.75 Å². The normalized spacial score (nSPS) is 15.6. The highest BCUT2D eigenvalue weighted by atomic mass is 127. The second-order valence-electron chi connectivity index (χ2n) is 7.06. The summed E-state index contributed by atoms with van der Waals surface area (Å²) >= 11 is 12.9. The SMILES string of the molecule is O=C1NC(=Nc2ccc(Br)c(Cl)c2)S/C1=C\c1ccc(OCc2ccc(C(=O)O)cc2)c(I)c1. The number of thioether (sulfide) groups is 1. The molecule has 10 heteroatoms. The Morgan fingerprint density at radius 3 is 2.62 bits per heavy atom. The van der Waals surface area contributed by atoms with Crippen molar-refractivity contribution in [2.75, 3.05) is 0 Å². The van der Waals surface area contributed by atoms with Crippen LogP contribution < -0.4 is 10.1 Å². The lowest BCUT2D eigenvalue weighted by Gasteiger charge is -2.09. The third-order valence-corrected chi connectivity index (χ3v) is 7.62. The third-order valence-electron chi connectivity index (χ3n) is 4.63. The summed E-state index contributed by atoms with van der Waals surface area (Å²) in [4.78, 5) is 28.3. The number of benzene rings is 3. The van der Waals surface area contributed by atoms with E-state index < -0.39 is 5.97 Å². The molecular weight excluding hydrogens is 655 g/mol. The van der Waals surface area contributed by atoms with Gasteiger partial charge in [-0.1, -0.05) is 29.8 Å². The maximum Gasteiger partial charge on any atom is 0.335 e. The van der Waals surface area contributed by atoms with Gasteiger partial charge < -0.3 is 15.2 Å². The van der Waals surface area contributed by atoms with Crippen LogP contribution in [0.25, 0.3) is 6.08 Å². The van der Waals surface area contributed by atoms with Crippen molar-refractivity contribution in [3.05, 3.63) is 95.3 Å². The van der Waals surface area contributed by atoms with E-state index in [1.807, 2.05) is 18.2 Å². The van der Waals surface area contributed by atoms with Crippen LogP contribution in [0.4, 0.5) is 5.69 Å². The molecule has 1 aliphatic rings. The van der Waals surface area contributed by atoms with Crippen molar-refractivity contribution in [2.45, 2.75) is 6.61 Å². The molecule has 0 bridgehead atoms. The Bertz CT molecular complexity index is 1350. The van der Waals surface area contributed by atoms with E-state index in [9.17, 15) is 9.59 Å². The minimum Gasteiger partial charge on any atom is -0.488 e. The molecule has 0 atom stereocenters. The fraction of sp³-hybridized carbons (Fsp3) is 0.0417. The summed E-state index contributed by atoms with van der Waals surface area (Å²) in [6.45, 7) is 0.314. The second kappa shape index (κ2) is 10.9. The van der Waals surface area contributed by atoms with Gasteiger partial charge in [-0.25, -0.2) is 9.79 Å². The maximum atomic E-state index is 12.4. The molecule has 3 aromatic carbocycles. The van der Waals surface area contributed by atoms with Crippen molar-refractivity contribution in [3.63, 3.8) is 0 Å². The number of aliphatic imine (C=N–C) groups is 1. The van der Waals surface area contributed by atoms with E-state index >= 15 is 0 Å². The number of nitrogens with zero attached hydrogens (tertiary/aromatic N) is 1. The van der Waals surface area contributed by atoms with Crippen LogP contribution in [0.2, 0.25) is 5.02 Å². The highest BCUT2D eigenvalue weighted by Crippen LogP contribution is 2.32. The number of carboxylic acid groups (broad SMARTS) is 1. The van der Waals surface area contributed by atoms with Gasteiger partial charge in [0.1, 0.15) is 12.4 Å². The summed E-state index contributed by atoms with van der Waals surface area (Å²) in [6.07, 6.45) is 1.80. The first kappa shape index (κ1) is 24.8. The zero-order valence-electron chi connectivity index (χ0n) is 17.2. The molecule has 0 unspecified atom stereocenters. The molecule has 172 valence electrons. The Morgan fingerprint density at radius 2 is 1.94 bits per heavy atom. The van der Waals surface area contributed by atoms with Gasteiger partial charge in [-0.2, -0.15) is 0 Å². The summed E-state index contributed by atoms with van der Waals surface area (Å²) in [5, 5.41) is 12.8. The zero-order chi connectivity index (χ0) is 24.2. The lowest BCUT2D eigenvalue weighted by atomic mass is 10.1. The number of ether oxygens (including phenoxy) is 1. The Balaban J connectivity index is 1.43. The van der Waals surface area contributed by atoms with E-state index in [2.05, 4.69) is 48.8 Å². The number of amidine groups is 1. The third kappa shape index (κ3) is 6.21. The highest BCUT2D eigenvalue weighted by Gasteiger charge is 2.24. The Hall–Kier alpha value is -2.34. The largest absolute Gasteiger partial charge is 0.488 e. The smallest absolute Gasteiger partial charge is 0.335 e. The Morgan fingerprint density at radius 1 is 1.18 bits per heavy atom. The topological polar surface area (TPSA) is 88.0 Å². The summed E-state index contributed by atoms with van der Waals surface area (Å²) in [5.74, 6) is -0.480. The fourth-order valence-corrected chi connectivity index (χ4v) is 4.89. The van der Waals surface area contributed by atoms with Crippen LogP contribution in [0.3, 0.4) is 0 Å². The molecule has 4 rings (SSSR count). The van der Waals surface area contributed by atoms with Crippen LogP contribution in [-0.4, -0.2) is 22.2 Å². The van der Waals surface area contributed by atoms with Gasteiger partial charge in [0.05, 0.1) is 24.7 Å². The summed E-state index contributed by atoms with van der Waals surface area (Å²) in [6, 6.07) is 17.5. The Kier molecular flexibility index (Phi) is 7.97. The first-order valence-electron chi connectivity index (χ1n) is 9.78. The molecule has 34 heavy (non-hydrogen) atoms. The monoisotopic (exact) mass is 668 g/mol. The molecule has 0 spiro atoms. The molecule has 3 aromatic rings. The van der Waals surface area contributed by atoms with Gasteiger partial charge in [-0.3, -0.25) is 4.79 Å². The van der Waals surface area contributed by atoms with Crippen LogP contribution in [-0.2, 0) is 11.4 Å². The quantitative estimate of drug-likeness (QED) is 0.221. The van der Waals surface area contributed by atoms with Gasteiger partial charge >= 0.3 is 5.97 Å². The van der Waals surface area contributed by atoms with E-state index in [1.54, 1.807) is 48.5 Å². The molecule has 0 radical (unpaired) electrons. The van der Waals surface area contributed by atoms with E-state index in [0.717, 1.165) is 19.2 Å². The first-order valence-corrected chi connectivity index (χ1v) is 12.8. The summed E-state index contributed by atoms with van der Waals surface area (Å²) < 4.78 is 7.54. The summed E-state index contributed by atoms with van der Waals surface area (Å²) in [7, 11) is 0. The van der Waals surface area contributed by atoms with Crippen LogP contribution in [0.15, 0.2) is 75.0 Å². The number of rotatable bonds is 6. The van der Waals surface area contributed by atoms with E-state index in [1.165, 1.54) is 11.8 Å². The number of carbonyl (C=O) groups is 2. The standard InChI is InChI=1S/C24H15BrClIN2O4S/c25-17-7-6-16(11-18(17)26)28-24-29-22(30)21(34-24)10-14-3-8-20(19(27)9-14)33-12-13-1-4-15(5-2-13)23(31)32/h1-11H,12H2,(H,31,32)(H,28,29,30)/b21-10-. The van der Waals surface area contributed by atoms with E-state index in [4.69, 9.17) is 21.4 Å². The predicted molar refractivity (Wildman–Crippen MR) is 147 cm³/mol. The molecule has 1 saturated heterocycles. The van der Waals surface area contributed by atoms with Gasteiger partial charge in [-0.15, -0.1) is 0 Å². The maximum absolute atomic E-state index is 12.4. The van der Waals surface area contributed by atoms with Crippen molar-refractivity contribution >= 4 is 90.7 Å². The minimum atomic E-state index is -0.961. The number of carboxylic acids is 1. The number of hydrogen-bond acceptors (Lipinski definition) is 5. The molecule has 0 aromatic heterocycles. The van der Waals surface area contributed by atoms with Crippen molar-refractivity contribution in [1.29, 1.82) is 0 Å². The molecular formula is C24H15BrClIN2O4S. The molecule has 2 N–H and O–H groups in total. The number of nitrogens with one attached hydrogen (secondary N) is 1. The van der Waals surface area contributed by atoms with Crippen molar-refractivity contribution < 1.29 is 19.4 Å². The van der Waals surface area contributed by atoms with Gasteiger partial charge in [-0.05, 0) is 110 Å². The van der Waals surface area contributed by atoms with Crippen LogP contribution in [0.5, 0.6) is 5.75 Å². The Labute approximate surface area is 226 Å². The molecule has 1 fully saturated rings. The van der Waals surface area contributed by atoms with Crippen LogP contribution in [0, 0.1) is 3.57 Å². The number of hydrogen-bond donors (Lipinski definition) is 2. The lowest BCUT2D eigenvalue weighted by molar-refractivity contribution is -0.115. The molecule has 0 saturated carbocycles. The number of aromatic carboxylic acids is 1.